The molecule has 0 bridgehead atoms. The standard InChI is InChI=1S/C13H18N4S/c1-3-6-12-15-16-13(18)17(12)9-11-10(4-2)7-5-8-14-11/h5,7-8H,3-4,6,9H2,1-2H3,(H,16,18). The highest BCUT2D eigenvalue weighted by molar-refractivity contribution is 7.71. The smallest absolute Gasteiger partial charge is 0.195 e. The molecule has 2 aromatic rings. The molecule has 18 heavy (non-hydrogen) atoms. The first kappa shape index (κ1) is 13.0. The van der Waals surface area contributed by atoms with E-state index in [1.54, 1.807) is 0 Å². The first-order valence-electron chi connectivity index (χ1n) is 6.33. The lowest BCUT2D eigenvalue weighted by molar-refractivity contribution is 0.682. The number of nitrogens with zero attached hydrogens (tertiary/aromatic N) is 3. The van der Waals surface area contributed by atoms with Gasteiger partial charge in [0.25, 0.3) is 0 Å². The largest absolute Gasteiger partial charge is 0.298 e. The molecule has 0 spiro atoms. The predicted molar refractivity (Wildman–Crippen MR) is 74.1 cm³/mol. The third kappa shape index (κ3) is 2.67. The van der Waals surface area contributed by atoms with Crippen molar-refractivity contribution in [2.45, 2.75) is 39.7 Å². The number of aryl methyl sites for hydroxylation is 2. The van der Waals surface area contributed by atoms with E-state index in [0.717, 1.165) is 30.8 Å². The Morgan fingerprint density at radius 1 is 1.39 bits per heavy atom. The molecule has 1 N–H and O–H groups in total. The SMILES string of the molecule is CCCc1n[nH]c(=S)n1Cc1ncccc1CC. The van der Waals surface area contributed by atoms with Crippen LogP contribution in [0.15, 0.2) is 18.3 Å². The molecule has 96 valence electrons. The summed E-state index contributed by atoms with van der Waals surface area (Å²) in [4.78, 5) is 4.46. The molecular formula is C13H18N4S. The van der Waals surface area contributed by atoms with Crippen LogP contribution in [-0.4, -0.2) is 19.7 Å². The summed E-state index contributed by atoms with van der Waals surface area (Å²) < 4.78 is 2.71. The van der Waals surface area contributed by atoms with Gasteiger partial charge < -0.3 is 0 Å². The maximum Gasteiger partial charge on any atom is 0.195 e. The first-order valence-corrected chi connectivity index (χ1v) is 6.74. The van der Waals surface area contributed by atoms with Crippen molar-refractivity contribution in [2.75, 3.05) is 0 Å². The van der Waals surface area contributed by atoms with Crippen molar-refractivity contribution in [3.05, 3.63) is 40.2 Å². The highest BCUT2D eigenvalue weighted by Crippen LogP contribution is 2.10. The second kappa shape index (κ2) is 5.91. The predicted octanol–water partition coefficient (Wildman–Crippen LogP) is 2.90. The van der Waals surface area contributed by atoms with Crippen molar-refractivity contribution in [3.63, 3.8) is 0 Å². The van der Waals surface area contributed by atoms with Crippen molar-refractivity contribution >= 4 is 12.2 Å². The van der Waals surface area contributed by atoms with Crippen LogP contribution in [0.3, 0.4) is 0 Å². The Balaban J connectivity index is 2.33. The van der Waals surface area contributed by atoms with Gasteiger partial charge in [0.2, 0.25) is 0 Å². The highest BCUT2D eigenvalue weighted by atomic mass is 32.1. The molecule has 4 nitrogen and oxygen atoms in total. The Labute approximate surface area is 112 Å². The topological polar surface area (TPSA) is 46.5 Å². The molecule has 2 rings (SSSR count). The molecule has 0 amide bonds. The van der Waals surface area contributed by atoms with Crippen molar-refractivity contribution in [2.24, 2.45) is 0 Å². The van der Waals surface area contributed by atoms with Crippen LogP contribution in [0, 0.1) is 4.77 Å². The minimum atomic E-state index is 0.672. The second-order valence-corrected chi connectivity index (χ2v) is 4.63. The number of aromatic nitrogens is 4. The molecule has 0 fully saturated rings. The molecule has 5 heteroatoms. The van der Waals surface area contributed by atoms with E-state index in [-0.39, 0.29) is 0 Å². The zero-order valence-electron chi connectivity index (χ0n) is 10.8. The van der Waals surface area contributed by atoms with E-state index in [1.807, 2.05) is 16.8 Å². The Hall–Kier alpha value is -1.49. The molecule has 2 aromatic heterocycles. The fourth-order valence-electron chi connectivity index (χ4n) is 2.01. The summed E-state index contributed by atoms with van der Waals surface area (Å²) in [6.07, 6.45) is 4.80. The fourth-order valence-corrected chi connectivity index (χ4v) is 2.23. The average Bonchev–Trinajstić information content (AvgIpc) is 2.73. The molecule has 2 heterocycles. The van der Waals surface area contributed by atoms with E-state index < -0.39 is 0 Å². The minimum Gasteiger partial charge on any atom is -0.298 e. The lowest BCUT2D eigenvalue weighted by atomic mass is 10.1. The lowest BCUT2D eigenvalue weighted by Gasteiger charge is -2.09. The zero-order chi connectivity index (χ0) is 13.0. The number of hydrogen-bond acceptors (Lipinski definition) is 3. The third-order valence-corrected chi connectivity index (χ3v) is 3.30. The van der Waals surface area contributed by atoms with E-state index in [0.29, 0.717) is 11.3 Å². The van der Waals surface area contributed by atoms with Crippen LogP contribution in [-0.2, 0) is 19.4 Å². The monoisotopic (exact) mass is 262 g/mol. The molecule has 0 unspecified atom stereocenters. The van der Waals surface area contributed by atoms with Gasteiger partial charge in [-0.15, -0.1) is 0 Å². The molecule has 0 atom stereocenters. The molecule has 0 saturated heterocycles. The van der Waals surface area contributed by atoms with E-state index in [1.165, 1.54) is 5.56 Å². The van der Waals surface area contributed by atoms with Gasteiger partial charge in [0.05, 0.1) is 12.2 Å². The second-order valence-electron chi connectivity index (χ2n) is 4.24. The van der Waals surface area contributed by atoms with Gasteiger partial charge in [0.1, 0.15) is 5.82 Å². The van der Waals surface area contributed by atoms with Crippen molar-refractivity contribution < 1.29 is 0 Å². The Morgan fingerprint density at radius 3 is 2.94 bits per heavy atom. The van der Waals surface area contributed by atoms with E-state index >= 15 is 0 Å². The number of pyridine rings is 1. The summed E-state index contributed by atoms with van der Waals surface area (Å²) in [5.74, 6) is 1.01. The van der Waals surface area contributed by atoms with Crippen LogP contribution in [0.4, 0.5) is 0 Å². The fraction of sp³-hybridized carbons (Fsp3) is 0.462. The van der Waals surface area contributed by atoms with Crippen LogP contribution >= 0.6 is 12.2 Å². The summed E-state index contributed by atoms with van der Waals surface area (Å²) in [5, 5.41) is 7.14. The summed E-state index contributed by atoms with van der Waals surface area (Å²) in [5.41, 5.74) is 2.35. The third-order valence-electron chi connectivity index (χ3n) is 2.98. The van der Waals surface area contributed by atoms with Gasteiger partial charge in [-0.2, -0.15) is 5.10 Å². The first-order chi connectivity index (χ1) is 8.76. The van der Waals surface area contributed by atoms with Gasteiger partial charge >= 0.3 is 0 Å². The van der Waals surface area contributed by atoms with E-state index in [2.05, 4.69) is 35.1 Å². The molecule has 0 aliphatic rings. The van der Waals surface area contributed by atoms with Crippen molar-refractivity contribution in [3.8, 4) is 0 Å². The van der Waals surface area contributed by atoms with Gasteiger partial charge in [0.15, 0.2) is 4.77 Å². The lowest BCUT2D eigenvalue weighted by Crippen LogP contribution is -2.08. The number of aromatic amines is 1. The number of nitrogens with one attached hydrogen (secondary N) is 1. The van der Waals surface area contributed by atoms with Crippen molar-refractivity contribution in [1.29, 1.82) is 0 Å². The van der Waals surface area contributed by atoms with Gasteiger partial charge in [-0.05, 0) is 36.7 Å². The normalized spacial score (nSPS) is 10.8. The summed E-state index contributed by atoms with van der Waals surface area (Å²) in [6, 6.07) is 4.09. The van der Waals surface area contributed by atoms with Gasteiger partial charge in [-0.3, -0.25) is 14.6 Å². The summed E-state index contributed by atoms with van der Waals surface area (Å²) >= 11 is 5.28. The molecule has 0 radical (unpaired) electrons. The van der Waals surface area contributed by atoms with Gasteiger partial charge in [-0.1, -0.05) is 19.9 Å². The van der Waals surface area contributed by atoms with Crippen molar-refractivity contribution in [1.82, 2.24) is 19.7 Å². The van der Waals surface area contributed by atoms with Gasteiger partial charge in [0, 0.05) is 12.6 Å². The summed E-state index contributed by atoms with van der Waals surface area (Å²) in [7, 11) is 0. The maximum atomic E-state index is 5.28. The molecule has 0 saturated carbocycles. The van der Waals surface area contributed by atoms with Crippen LogP contribution < -0.4 is 0 Å². The van der Waals surface area contributed by atoms with Gasteiger partial charge in [-0.25, -0.2) is 0 Å². The van der Waals surface area contributed by atoms with Crippen LogP contribution in [0.1, 0.15) is 37.4 Å². The quantitative estimate of drug-likeness (QED) is 0.843. The van der Waals surface area contributed by atoms with E-state index in [9.17, 15) is 0 Å². The van der Waals surface area contributed by atoms with Crippen LogP contribution in [0.2, 0.25) is 0 Å². The Kier molecular flexibility index (Phi) is 4.25. The Morgan fingerprint density at radius 2 is 2.22 bits per heavy atom. The minimum absolute atomic E-state index is 0.672. The van der Waals surface area contributed by atoms with Crippen LogP contribution in [0.25, 0.3) is 0 Å². The summed E-state index contributed by atoms with van der Waals surface area (Å²) in [6.45, 7) is 4.98. The maximum absolute atomic E-state index is 5.28. The highest BCUT2D eigenvalue weighted by Gasteiger charge is 2.08. The average molecular weight is 262 g/mol. The molecule has 0 aliphatic carbocycles. The van der Waals surface area contributed by atoms with Crippen LogP contribution in [0.5, 0.6) is 0 Å². The molecule has 0 aliphatic heterocycles. The van der Waals surface area contributed by atoms with E-state index in [4.69, 9.17) is 12.2 Å². The molecular weight excluding hydrogens is 244 g/mol. The molecule has 0 aromatic carbocycles. The number of rotatable bonds is 5. The number of hydrogen-bond donors (Lipinski definition) is 1. The zero-order valence-corrected chi connectivity index (χ0v) is 11.6. The Bertz CT molecular complexity index is 570. The number of H-pyrrole nitrogens is 1.